The minimum Gasteiger partial charge on any atom is -0.272 e. The van der Waals surface area contributed by atoms with Crippen LogP contribution in [0.4, 0.5) is 13.2 Å². The Morgan fingerprint density at radius 2 is 1.82 bits per heavy atom. The molecule has 0 radical (unpaired) electrons. The van der Waals surface area contributed by atoms with Crippen molar-refractivity contribution < 1.29 is 21.6 Å². The molecule has 0 aliphatic heterocycles. The summed E-state index contributed by atoms with van der Waals surface area (Å²) in [7, 11) is -2.29. The first-order valence-corrected chi connectivity index (χ1v) is 6.14. The molecule has 0 aromatic heterocycles. The fraction of sp³-hybridized carbons (Fsp3) is 0.400. The Labute approximate surface area is 98.0 Å². The Kier molecular flexibility index (Phi) is 4.16. The van der Waals surface area contributed by atoms with Gasteiger partial charge in [0.2, 0.25) is 0 Å². The fourth-order valence-electron chi connectivity index (χ4n) is 1.08. The lowest BCUT2D eigenvalue weighted by Gasteiger charge is -2.12. The molecule has 0 aliphatic rings. The molecule has 0 saturated carbocycles. The van der Waals surface area contributed by atoms with Gasteiger partial charge in [0.05, 0.1) is 4.90 Å². The molecule has 1 aromatic rings. The first kappa shape index (κ1) is 14.0. The molecule has 3 nitrogen and oxygen atoms in total. The molecule has 0 aliphatic carbocycles. The van der Waals surface area contributed by atoms with Crippen molar-refractivity contribution in [2.24, 2.45) is 4.36 Å². The molecule has 0 spiro atoms. The molecule has 1 atom stereocenters. The van der Waals surface area contributed by atoms with E-state index in [0.29, 0.717) is 0 Å². The normalized spacial score (nSPS) is 15.4. The van der Waals surface area contributed by atoms with Gasteiger partial charge in [-0.1, -0.05) is 17.7 Å². The van der Waals surface area contributed by atoms with Crippen LogP contribution < -0.4 is 0 Å². The average Bonchev–Trinajstić information content (AvgIpc) is 2.26. The smallest absolute Gasteiger partial charge is 0.272 e. The third kappa shape index (κ3) is 4.01. The van der Waals surface area contributed by atoms with Crippen LogP contribution in [0.1, 0.15) is 5.56 Å². The van der Waals surface area contributed by atoms with Gasteiger partial charge in [-0.25, -0.2) is 8.57 Å². The molecule has 17 heavy (non-hydrogen) atoms. The first-order chi connectivity index (χ1) is 7.77. The lowest BCUT2D eigenvalue weighted by molar-refractivity contribution is -0.152. The molecule has 0 N–H and O–H groups in total. The average molecular weight is 267 g/mol. The maximum absolute atomic E-state index is 12.0. The second-order valence-corrected chi connectivity index (χ2v) is 5.37. The van der Waals surface area contributed by atoms with Gasteiger partial charge in [-0.05, 0) is 19.1 Å². The van der Waals surface area contributed by atoms with Gasteiger partial charge in [0.1, 0.15) is 0 Å². The summed E-state index contributed by atoms with van der Waals surface area (Å²) >= 11 is 0. The third-order valence-corrected chi connectivity index (χ3v) is 3.73. The Morgan fingerprint density at radius 1 is 1.29 bits per heavy atom. The zero-order valence-electron chi connectivity index (χ0n) is 9.32. The SMILES string of the molecule is CN=S(=O)(OCC(F)(F)F)c1ccc(C)cc1. The molecule has 0 saturated heterocycles. The number of benzene rings is 1. The molecule has 1 unspecified atom stereocenters. The van der Waals surface area contributed by atoms with E-state index in [9.17, 15) is 17.4 Å². The van der Waals surface area contributed by atoms with Gasteiger partial charge in [-0.15, -0.1) is 0 Å². The largest absolute Gasteiger partial charge is 0.413 e. The molecule has 0 bridgehead atoms. The van der Waals surface area contributed by atoms with Crippen LogP contribution >= 0.6 is 0 Å². The predicted octanol–water partition coefficient (Wildman–Crippen LogP) is 2.95. The van der Waals surface area contributed by atoms with Crippen LogP contribution in [-0.4, -0.2) is 24.0 Å². The summed E-state index contributed by atoms with van der Waals surface area (Å²) in [6, 6.07) is 6.16. The Bertz CT molecular complexity index is 487. The Balaban J connectivity index is 2.98. The molecule has 7 heteroatoms. The molecular formula is C10H12F3NO2S. The van der Waals surface area contributed by atoms with Gasteiger partial charge in [0, 0.05) is 7.05 Å². The minimum atomic E-state index is -4.53. The van der Waals surface area contributed by atoms with E-state index in [4.69, 9.17) is 0 Å². The maximum Gasteiger partial charge on any atom is 0.413 e. The summed E-state index contributed by atoms with van der Waals surface area (Å²) in [6.07, 6.45) is -4.53. The van der Waals surface area contributed by atoms with E-state index in [1.165, 1.54) is 19.2 Å². The summed E-state index contributed by atoms with van der Waals surface area (Å²) in [5, 5.41) is 0. The highest BCUT2D eigenvalue weighted by atomic mass is 32.2. The quantitative estimate of drug-likeness (QED) is 0.844. The molecule has 0 heterocycles. The lowest BCUT2D eigenvalue weighted by Crippen LogP contribution is -2.20. The van der Waals surface area contributed by atoms with Crippen LogP contribution in [0.5, 0.6) is 0 Å². The number of alkyl halides is 3. The Morgan fingerprint density at radius 3 is 2.24 bits per heavy atom. The van der Waals surface area contributed by atoms with Crippen molar-refractivity contribution in [2.45, 2.75) is 18.0 Å². The van der Waals surface area contributed by atoms with Gasteiger partial charge < -0.3 is 0 Å². The van der Waals surface area contributed by atoms with E-state index in [0.717, 1.165) is 5.56 Å². The number of hydrogen-bond acceptors (Lipinski definition) is 3. The molecule has 0 fully saturated rings. The van der Waals surface area contributed by atoms with Crippen molar-refractivity contribution in [2.75, 3.05) is 13.7 Å². The molecular weight excluding hydrogens is 255 g/mol. The summed E-state index contributed by atoms with van der Waals surface area (Å²) in [6.45, 7) is 0.225. The van der Waals surface area contributed by atoms with Crippen LogP contribution in [0, 0.1) is 6.92 Å². The van der Waals surface area contributed by atoms with E-state index < -0.39 is 22.8 Å². The van der Waals surface area contributed by atoms with Crippen LogP contribution in [0.3, 0.4) is 0 Å². The topological polar surface area (TPSA) is 38.7 Å². The zero-order valence-corrected chi connectivity index (χ0v) is 10.1. The third-order valence-electron chi connectivity index (χ3n) is 1.94. The number of rotatable bonds is 3. The van der Waals surface area contributed by atoms with Gasteiger partial charge in [0.15, 0.2) is 16.6 Å². The standard InChI is InChI=1S/C10H12F3NO2S/c1-8-3-5-9(6-4-8)17(15,14-2)16-7-10(11,12)13/h3-6H,7H2,1-2H3. The monoisotopic (exact) mass is 267 g/mol. The van der Waals surface area contributed by atoms with E-state index in [1.807, 2.05) is 6.92 Å². The van der Waals surface area contributed by atoms with Gasteiger partial charge >= 0.3 is 6.18 Å². The van der Waals surface area contributed by atoms with E-state index in [2.05, 4.69) is 8.55 Å². The van der Waals surface area contributed by atoms with Gasteiger partial charge in [-0.2, -0.15) is 13.2 Å². The lowest BCUT2D eigenvalue weighted by atomic mass is 10.2. The molecule has 0 amide bonds. The summed E-state index contributed by atoms with van der Waals surface area (Å²) in [5.41, 5.74) is 0.905. The fourth-order valence-corrected chi connectivity index (χ4v) is 2.31. The van der Waals surface area contributed by atoms with Crippen LogP contribution in [-0.2, 0) is 14.2 Å². The molecule has 1 aromatic carbocycles. The highest BCUT2D eigenvalue weighted by Crippen LogP contribution is 2.21. The van der Waals surface area contributed by atoms with Crippen molar-refractivity contribution in [1.29, 1.82) is 0 Å². The predicted molar refractivity (Wildman–Crippen MR) is 57.9 cm³/mol. The molecule has 1 rings (SSSR count). The highest BCUT2D eigenvalue weighted by Gasteiger charge is 2.30. The van der Waals surface area contributed by atoms with Gasteiger partial charge in [0.25, 0.3) is 0 Å². The summed E-state index contributed by atoms with van der Waals surface area (Å²) in [4.78, 5) is 0.134. The maximum atomic E-state index is 12.0. The van der Waals surface area contributed by atoms with Crippen molar-refractivity contribution >= 4 is 10.0 Å². The van der Waals surface area contributed by atoms with E-state index in [-0.39, 0.29) is 4.90 Å². The van der Waals surface area contributed by atoms with Gasteiger partial charge in [-0.3, -0.25) is 4.18 Å². The second-order valence-electron chi connectivity index (χ2n) is 3.35. The van der Waals surface area contributed by atoms with Crippen molar-refractivity contribution in [1.82, 2.24) is 0 Å². The van der Waals surface area contributed by atoms with Crippen molar-refractivity contribution in [3.63, 3.8) is 0 Å². The van der Waals surface area contributed by atoms with Crippen molar-refractivity contribution in [3.8, 4) is 0 Å². The number of hydrogen-bond donors (Lipinski definition) is 0. The Hall–Kier alpha value is -1.08. The molecule has 96 valence electrons. The zero-order chi connectivity index (χ0) is 13.1. The van der Waals surface area contributed by atoms with Crippen LogP contribution in [0.2, 0.25) is 0 Å². The van der Waals surface area contributed by atoms with E-state index in [1.54, 1.807) is 12.1 Å². The summed E-state index contributed by atoms with van der Waals surface area (Å²) in [5.74, 6) is 0. The van der Waals surface area contributed by atoms with E-state index >= 15 is 0 Å². The van der Waals surface area contributed by atoms with Crippen LogP contribution in [0.15, 0.2) is 33.5 Å². The van der Waals surface area contributed by atoms with Crippen LogP contribution in [0.25, 0.3) is 0 Å². The first-order valence-electron chi connectivity index (χ1n) is 4.70. The second kappa shape index (κ2) is 5.05. The highest BCUT2D eigenvalue weighted by molar-refractivity contribution is 7.89. The van der Waals surface area contributed by atoms with Crippen molar-refractivity contribution in [3.05, 3.63) is 29.8 Å². The summed E-state index contributed by atoms with van der Waals surface area (Å²) < 4.78 is 55.9. The minimum absolute atomic E-state index is 0.134. The number of nitrogens with zero attached hydrogens (tertiary/aromatic N) is 1. The number of aryl methyl sites for hydroxylation is 1. The number of halogens is 3.